The van der Waals surface area contributed by atoms with Gasteiger partial charge in [-0.15, -0.1) is 0 Å². The van der Waals surface area contributed by atoms with Crippen LogP contribution in [-0.4, -0.2) is 30.5 Å². The molecule has 0 amide bonds. The van der Waals surface area contributed by atoms with E-state index < -0.39 is 18.9 Å². The van der Waals surface area contributed by atoms with E-state index in [-0.39, 0.29) is 5.75 Å². The molecule has 120 valence electrons. The van der Waals surface area contributed by atoms with Crippen molar-refractivity contribution >= 4 is 15.9 Å². The summed E-state index contributed by atoms with van der Waals surface area (Å²) in [5.74, 6) is 0.811. The van der Waals surface area contributed by atoms with Gasteiger partial charge in [-0.1, -0.05) is 19.9 Å². The van der Waals surface area contributed by atoms with Crippen LogP contribution in [0.1, 0.15) is 19.4 Å². The zero-order valence-electron chi connectivity index (χ0n) is 11.9. The first-order chi connectivity index (χ1) is 9.70. The topological polar surface area (TPSA) is 41.5 Å². The molecule has 7 heteroatoms. The lowest BCUT2D eigenvalue weighted by Gasteiger charge is -2.16. The number of nitrogens with one attached hydrogen (secondary N) is 1. The second kappa shape index (κ2) is 8.00. The highest BCUT2D eigenvalue weighted by molar-refractivity contribution is 9.10. The van der Waals surface area contributed by atoms with Crippen molar-refractivity contribution in [2.75, 3.05) is 13.2 Å². The Morgan fingerprint density at radius 1 is 1.33 bits per heavy atom. The maximum absolute atomic E-state index is 12.2. The summed E-state index contributed by atoms with van der Waals surface area (Å²) < 4.78 is 42.1. The van der Waals surface area contributed by atoms with Crippen molar-refractivity contribution in [1.29, 1.82) is 0 Å². The van der Waals surface area contributed by atoms with E-state index in [2.05, 4.69) is 35.1 Å². The first kappa shape index (κ1) is 18.3. The van der Waals surface area contributed by atoms with Crippen molar-refractivity contribution in [2.45, 2.75) is 32.7 Å². The second-order valence-corrected chi connectivity index (χ2v) is 6.01. The summed E-state index contributed by atoms with van der Waals surface area (Å²) in [6, 6.07) is 5.13. The quantitative estimate of drug-likeness (QED) is 0.772. The first-order valence-electron chi connectivity index (χ1n) is 6.57. The minimum Gasteiger partial charge on any atom is -0.489 e. The predicted molar refractivity (Wildman–Crippen MR) is 78.2 cm³/mol. The van der Waals surface area contributed by atoms with E-state index >= 15 is 0 Å². The highest BCUT2D eigenvalue weighted by Gasteiger charge is 2.38. The van der Waals surface area contributed by atoms with Crippen LogP contribution in [0.25, 0.3) is 0 Å². The van der Waals surface area contributed by atoms with Gasteiger partial charge in [-0.25, -0.2) is 0 Å². The minimum absolute atomic E-state index is 0.269. The lowest BCUT2D eigenvalue weighted by molar-refractivity contribution is -0.210. The maximum atomic E-state index is 12.2. The first-order valence-corrected chi connectivity index (χ1v) is 7.36. The molecule has 0 aliphatic rings. The number of alkyl halides is 3. The van der Waals surface area contributed by atoms with Crippen LogP contribution in [0.3, 0.4) is 0 Å². The molecule has 2 N–H and O–H groups in total. The van der Waals surface area contributed by atoms with Crippen LogP contribution in [0, 0.1) is 5.92 Å². The molecule has 1 unspecified atom stereocenters. The van der Waals surface area contributed by atoms with Gasteiger partial charge in [0.15, 0.2) is 6.10 Å². The second-order valence-electron chi connectivity index (χ2n) is 5.16. The summed E-state index contributed by atoms with van der Waals surface area (Å²) in [6.45, 7) is 4.93. The fourth-order valence-electron chi connectivity index (χ4n) is 1.54. The lowest BCUT2D eigenvalue weighted by atomic mass is 10.2. The van der Waals surface area contributed by atoms with Crippen LogP contribution >= 0.6 is 15.9 Å². The zero-order valence-corrected chi connectivity index (χ0v) is 13.5. The molecule has 0 aliphatic carbocycles. The van der Waals surface area contributed by atoms with E-state index in [0.29, 0.717) is 16.9 Å². The summed E-state index contributed by atoms with van der Waals surface area (Å²) in [7, 11) is 0. The van der Waals surface area contributed by atoms with Crippen LogP contribution in [0.5, 0.6) is 5.75 Å². The molecule has 0 saturated carbocycles. The van der Waals surface area contributed by atoms with Gasteiger partial charge < -0.3 is 15.2 Å². The van der Waals surface area contributed by atoms with Crippen molar-refractivity contribution in [3.63, 3.8) is 0 Å². The third kappa shape index (κ3) is 6.67. The highest BCUT2D eigenvalue weighted by Crippen LogP contribution is 2.27. The van der Waals surface area contributed by atoms with Crippen molar-refractivity contribution in [3.8, 4) is 5.75 Å². The lowest BCUT2D eigenvalue weighted by Crippen LogP contribution is -2.34. The van der Waals surface area contributed by atoms with Gasteiger partial charge in [0.05, 0.1) is 4.47 Å². The molecule has 0 spiro atoms. The Morgan fingerprint density at radius 2 is 2.00 bits per heavy atom. The largest absolute Gasteiger partial charge is 0.489 e. The van der Waals surface area contributed by atoms with Crippen molar-refractivity contribution in [1.82, 2.24) is 5.32 Å². The summed E-state index contributed by atoms with van der Waals surface area (Å²) in [5, 5.41) is 12.2. The Hall–Kier alpha value is -0.790. The Labute approximate surface area is 130 Å². The SMILES string of the molecule is CC(C)CNCc1ccc(OCC(O)C(F)(F)F)c(Br)c1. The number of halogens is 4. The Balaban J connectivity index is 2.54. The molecule has 21 heavy (non-hydrogen) atoms. The molecule has 1 atom stereocenters. The van der Waals surface area contributed by atoms with Gasteiger partial charge in [0, 0.05) is 6.54 Å². The van der Waals surface area contributed by atoms with Crippen LogP contribution in [0.15, 0.2) is 22.7 Å². The standard InChI is InChI=1S/C14H19BrF3NO2/c1-9(2)6-19-7-10-3-4-12(11(15)5-10)21-8-13(20)14(16,17)18/h3-5,9,13,19-20H,6-8H2,1-2H3. The Bertz CT molecular complexity index is 452. The molecule has 1 aromatic rings. The smallest absolute Gasteiger partial charge is 0.417 e. The number of benzene rings is 1. The number of hydrogen-bond acceptors (Lipinski definition) is 3. The van der Waals surface area contributed by atoms with Crippen LogP contribution in [0.2, 0.25) is 0 Å². The molecular formula is C14H19BrF3NO2. The van der Waals surface area contributed by atoms with Gasteiger partial charge in [0.2, 0.25) is 0 Å². The minimum atomic E-state index is -4.67. The molecule has 0 saturated heterocycles. The van der Waals surface area contributed by atoms with E-state index in [1.807, 2.05) is 0 Å². The average Bonchev–Trinajstić information content (AvgIpc) is 2.35. The van der Waals surface area contributed by atoms with Gasteiger partial charge in [0.1, 0.15) is 12.4 Å². The van der Waals surface area contributed by atoms with Gasteiger partial charge in [-0.2, -0.15) is 13.2 Å². The maximum Gasteiger partial charge on any atom is 0.417 e. The highest BCUT2D eigenvalue weighted by atomic mass is 79.9. The molecule has 1 rings (SSSR count). The van der Waals surface area contributed by atoms with Gasteiger partial charge in [0.25, 0.3) is 0 Å². The normalized spacial score (nSPS) is 13.5. The predicted octanol–water partition coefficient (Wildman–Crippen LogP) is 3.50. The summed E-state index contributed by atoms with van der Waals surface area (Å²) in [6.07, 6.45) is -7.16. The van der Waals surface area contributed by atoms with Crippen molar-refractivity contribution in [3.05, 3.63) is 28.2 Å². The van der Waals surface area contributed by atoms with Gasteiger partial charge in [-0.05, 0) is 46.1 Å². The van der Waals surface area contributed by atoms with E-state index in [0.717, 1.165) is 12.1 Å². The number of hydrogen-bond donors (Lipinski definition) is 2. The summed E-state index contributed by atoms with van der Waals surface area (Å²) in [5.41, 5.74) is 0.992. The Morgan fingerprint density at radius 3 is 2.52 bits per heavy atom. The zero-order chi connectivity index (χ0) is 16.0. The molecular weight excluding hydrogens is 351 g/mol. The van der Waals surface area contributed by atoms with Crippen molar-refractivity contribution < 1.29 is 23.0 Å². The molecule has 3 nitrogen and oxygen atoms in total. The molecule has 0 aliphatic heterocycles. The molecule has 0 radical (unpaired) electrons. The summed E-state index contributed by atoms with van der Waals surface area (Å²) in [4.78, 5) is 0. The van der Waals surface area contributed by atoms with E-state index in [1.165, 1.54) is 0 Å². The number of aliphatic hydroxyl groups excluding tert-OH is 1. The molecule has 0 fully saturated rings. The molecule has 0 aromatic heterocycles. The van der Waals surface area contributed by atoms with Gasteiger partial charge >= 0.3 is 6.18 Å². The van der Waals surface area contributed by atoms with Gasteiger partial charge in [-0.3, -0.25) is 0 Å². The number of ether oxygens (including phenoxy) is 1. The number of aliphatic hydroxyl groups is 1. The van der Waals surface area contributed by atoms with Crippen LogP contribution < -0.4 is 10.1 Å². The van der Waals surface area contributed by atoms with Crippen molar-refractivity contribution in [2.24, 2.45) is 5.92 Å². The third-order valence-corrected chi connectivity index (χ3v) is 3.27. The van der Waals surface area contributed by atoms with Crippen LogP contribution in [-0.2, 0) is 6.54 Å². The van der Waals surface area contributed by atoms with Crippen LogP contribution in [0.4, 0.5) is 13.2 Å². The van der Waals surface area contributed by atoms with E-state index in [4.69, 9.17) is 9.84 Å². The monoisotopic (exact) mass is 369 g/mol. The number of rotatable bonds is 7. The van der Waals surface area contributed by atoms with E-state index in [9.17, 15) is 13.2 Å². The molecule has 0 heterocycles. The Kier molecular flexibility index (Phi) is 6.96. The fraction of sp³-hybridized carbons (Fsp3) is 0.571. The third-order valence-electron chi connectivity index (χ3n) is 2.65. The summed E-state index contributed by atoms with van der Waals surface area (Å²) >= 11 is 3.25. The molecule has 0 bridgehead atoms. The van der Waals surface area contributed by atoms with E-state index in [1.54, 1.807) is 18.2 Å². The fourth-order valence-corrected chi connectivity index (χ4v) is 2.08. The molecule has 1 aromatic carbocycles. The average molecular weight is 370 g/mol.